The third-order valence-corrected chi connectivity index (χ3v) is 5.23. The van der Waals surface area contributed by atoms with Crippen molar-refractivity contribution >= 4 is 23.5 Å². The van der Waals surface area contributed by atoms with Crippen LogP contribution in [0.3, 0.4) is 0 Å². The molecule has 0 N–H and O–H groups in total. The van der Waals surface area contributed by atoms with Crippen molar-refractivity contribution in [3.63, 3.8) is 0 Å². The van der Waals surface area contributed by atoms with E-state index in [-0.39, 0.29) is 10.1 Å². The molecule has 82 valence electrons. The van der Waals surface area contributed by atoms with Gasteiger partial charge < -0.3 is 0 Å². The van der Waals surface area contributed by atoms with Gasteiger partial charge in [-0.3, -0.25) is 0 Å². The Balaban J connectivity index is 2.33. The summed E-state index contributed by atoms with van der Waals surface area (Å²) >= 11 is 3.27. The topological polar surface area (TPSA) is 0 Å². The molecule has 0 aliphatic carbocycles. The van der Waals surface area contributed by atoms with E-state index in [1.807, 2.05) is 0 Å². The molecule has 1 aliphatic rings. The Hall–Kier alpha value is -0.220. The molecule has 0 nitrogen and oxygen atoms in total. The van der Waals surface area contributed by atoms with Crippen molar-refractivity contribution in [3.8, 4) is 0 Å². The van der Waals surface area contributed by atoms with Crippen LogP contribution in [0, 0.1) is 18.6 Å². The van der Waals surface area contributed by atoms with Crippen molar-refractivity contribution in [2.24, 2.45) is 0 Å². The minimum absolute atomic E-state index is 0.0700. The van der Waals surface area contributed by atoms with Crippen molar-refractivity contribution in [2.45, 2.75) is 17.9 Å². The zero-order chi connectivity index (χ0) is 10.8. The SMILES string of the molecule is Cc1cc(F)c(C2SCCCS2)c(F)c1. The van der Waals surface area contributed by atoms with Gasteiger partial charge in [0.2, 0.25) is 0 Å². The molecule has 1 aliphatic heterocycles. The van der Waals surface area contributed by atoms with Gasteiger partial charge >= 0.3 is 0 Å². The van der Waals surface area contributed by atoms with Gasteiger partial charge in [0.15, 0.2) is 0 Å². The molecule has 2 rings (SSSR count). The Labute approximate surface area is 96.8 Å². The van der Waals surface area contributed by atoms with Gasteiger partial charge in [0.1, 0.15) is 11.6 Å². The second-order valence-electron chi connectivity index (χ2n) is 3.57. The van der Waals surface area contributed by atoms with E-state index in [9.17, 15) is 8.78 Å². The third kappa shape index (κ3) is 2.48. The summed E-state index contributed by atoms with van der Waals surface area (Å²) in [6.07, 6.45) is 1.13. The molecule has 1 aromatic rings. The molecular weight excluding hydrogens is 234 g/mol. The Bertz CT molecular complexity index is 337. The molecule has 4 heteroatoms. The Morgan fingerprint density at radius 1 is 1.13 bits per heavy atom. The summed E-state index contributed by atoms with van der Waals surface area (Å²) in [7, 11) is 0. The average molecular weight is 246 g/mol. The summed E-state index contributed by atoms with van der Waals surface area (Å²) in [6.45, 7) is 1.71. The lowest BCUT2D eigenvalue weighted by atomic mass is 10.1. The lowest BCUT2D eigenvalue weighted by Gasteiger charge is -2.22. The van der Waals surface area contributed by atoms with Crippen LogP contribution in [-0.4, -0.2) is 11.5 Å². The molecule has 1 fully saturated rings. The second-order valence-corrected chi connectivity index (χ2v) is 6.29. The van der Waals surface area contributed by atoms with Gasteiger partial charge in [-0.15, -0.1) is 23.5 Å². The molecule has 1 saturated heterocycles. The summed E-state index contributed by atoms with van der Waals surface area (Å²) < 4.78 is 27.2. The molecule has 0 atom stereocenters. The molecule has 0 amide bonds. The predicted octanol–water partition coefficient (Wildman–Crippen LogP) is 4.14. The van der Waals surface area contributed by atoms with Gasteiger partial charge in [0.05, 0.1) is 4.58 Å². The van der Waals surface area contributed by atoms with Crippen LogP contribution in [0.5, 0.6) is 0 Å². The lowest BCUT2D eigenvalue weighted by molar-refractivity contribution is 0.563. The molecule has 1 heterocycles. The van der Waals surface area contributed by atoms with Crippen LogP contribution >= 0.6 is 23.5 Å². The highest BCUT2D eigenvalue weighted by Gasteiger charge is 2.23. The predicted molar refractivity (Wildman–Crippen MR) is 63.4 cm³/mol. The molecule has 0 aromatic heterocycles. The van der Waals surface area contributed by atoms with Crippen LogP contribution < -0.4 is 0 Å². The number of rotatable bonds is 1. The molecule has 1 aromatic carbocycles. The van der Waals surface area contributed by atoms with E-state index in [0.717, 1.165) is 17.9 Å². The van der Waals surface area contributed by atoms with Crippen LogP contribution in [0.25, 0.3) is 0 Å². The van der Waals surface area contributed by atoms with E-state index in [0.29, 0.717) is 5.56 Å². The molecule has 0 bridgehead atoms. The number of hydrogen-bond donors (Lipinski definition) is 0. The molecule has 0 unspecified atom stereocenters. The number of benzene rings is 1. The highest BCUT2D eigenvalue weighted by Crippen LogP contribution is 2.45. The summed E-state index contributed by atoms with van der Waals surface area (Å²) in [5.41, 5.74) is 0.884. The molecule has 0 saturated carbocycles. The normalized spacial score (nSPS) is 18.1. The fourth-order valence-electron chi connectivity index (χ4n) is 1.59. The van der Waals surface area contributed by atoms with E-state index >= 15 is 0 Å². The van der Waals surface area contributed by atoms with Gasteiger partial charge in [-0.1, -0.05) is 0 Å². The van der Waals surface area contributed by atoms with E-state index < -0.39 is 11.6 Å². The van der Waals surface area contributed by atoms with Crippen molar-refractivity contribution in [1.82, 2.24) is 0 Å². The van der Waals surface area contributed by atoms with Crippen LogP contribution in [0.15, 0.2) is 12.1 Å². The zero-order valence-electron chi connectivity index (χ0n) is 8.43. The van der Waals surface area contributed by atoms with Gasteiger partial charge in [-0.05, 0) is 42.5 Å². The number of aryl methyl sites for hydroxylation is 1. The number of hydrogen-bond acceptors (Lipinski definition) is 2. The van der Waals surface area contributed by atoms with Crippen molar-refractivity contribution in [3.05, 3.63) is 34.9 Å². The summed E-state index contributed by atoms with van der Waals surface area (Å²) in [4.78, 5) is 0. The number of halogens is 2. The smallest absolute Gasteiger partial charge is 0.131 e. The van der Waals surface area contributed by atoms with E-state index in [1.165, 1.54) is 12.1 Å². The van der Waals surface area contributed by atoms with Gasteiger partial charge in [0.25, 0.3) is 0 Å². The van der Waals surface area contributed by atoms with E-state index in [2.05, 4.69) is 0 Å². The molecular formula is C11H12F2S2. The first-order valence-corrected chi connectivity index (χ1v) is 6.97. The lowest BCUT2D eigenvalue weighted by Crippen LogP contribution is -2.05. The monoisotopic (exact) mass is 246 g/mol. The maximum Gasteiger partial charge on any atom is 0.131 e. The highest BCUT2D eigenvalue weighted by molar-refractivity contribution is 8.16. The fraction of sp³-hybridized carbons (Fsp3) is 0.455. The minimum atomic E-state index is -0.403. The molecule has 15 heavy (non-hydrogen) atoms. The van der Waals surface area contributed by atoms with Gasteiger partial charge in [-0.25, -0.2) is 8.78 Å². The summed E-state index contributed by atoms with van der Waals surface area (Å²) in [5, 5.41) is 0. The molecule has 0 radical (unpaired) electrons. The van der Waals surface area contributed by atoms with Crippen molar-refractivity contribution < 1.29 is 8.78 Å². The summed E-state index contributed by atoms with van der Waals surface area (Å²) in [5.74, 6) is 1.17. The third-order valence-electron chi connectivity index (χ3n) is 2.29. The average Bonchev–Trinajstić information content (AvgIpc) is 2.17. The van der Waals surface area contributed by atoms with E-state index in [1.54, 1.807) is 30.4 Å². The minimum Gasteiger partial charge on any atom is -0.207 e. The first kappa shape index (κ1) is 11.3. The van der Waals surface area contributed by atoms with Crippen LogP contribution in [-0.2, 0) is 0 Å². The Kier molecular flexibility index (Phi) is 3.57. The van der Waals surface area contributed by atoms with Gasteiger partial charge in [0, 0.05) is 5.56 Å². The van der Waals surface area contributed by atoms with E-state index in [4.69, 9.17) is 0 Å². The maximum absolute atomic E-state index is 13.6. The Morgan fingerprint density at radius 2 is 1.67 bits per heavy atom. The largest absolute Gasteiger partial charge is 0.207 e. The van der Waals surface area contributed by atoms with Crippen LogP contribution in [0.1, 0.15) is 22.1 Å². The zero-order valence-corrected chi connectivity index (χ0v) is 10.1. The second kappa shape index (κ2) is 4.74. The first-order valence-electron chi connectivity index (χ1n) is 4.87. The van der Waals surface area contributed by atoms with Crippen molar-refractivity contribution in [1.29, 1.82) is 0 Å². The van der Waals surface area contributed by atoms with Gasteiger partial charge in [-0.2, -0.15) is 0 Å². The highest BCUT2D eigenvalue weighted by atomic mass is 32.2. The number of thioether (sulfide) groups is 2. The molecule has 0 spiro atoms. The standard InChI is InChI=1S/C11H12F2S2/c1-7-5-8(12)10(9(13)6-7)11-14-3-2-4-15-11/h5-6,11H,2-4H2,1H3. The Morgan fingerprint density at radius 3 is 2.20 bits per heavy atom. The first-order chi connectivity index (χ1) is 7.18. The quantitative estimate of drug-likeness (QED) is 0.730. The van der Waals surface area contributed by atoms with Crippen molar-refractivity contribution in [2.75, 3.05) is 11.5 Å². The fourth-order valence-corrected chi connectivity index (χ4v) is 4.57. The van der Waals surface area contributed by atoms with Crippen LogP contribution in [0.2, 0.25) is 0 Å². The van der Waals surface area contributed by atoms with Crippen LogP contribution in [0.4, 0.5) is 8.78 Å². The maximum atomic E-state index is 13.6. The summed E-state index contributed by atoms with van der Waals surface area (Å²) in [6, 6.07) is 2.82.